The minimum Gasteiger partial charge on any atom is -0.351 e. The highest BCUT2D eigenvalue weighted by atomic mass is 32.2. The van der Waals surface area contributed by atoms with Crippen molar-refractivity contribution in [2.45, 2.75) is 29.8 Å². The molecule has 22 heavy (non-hydrogen) atoms. The van der Waals surface area contributed by atoms with Crippen molar-refractivity contribution in [3.63, 3.8) is 0 Å². The van der Waals surface area contributed by atoms with Crippen molar-refractivity contribution in [1.82, 2.24) is 19.9 Å². The van der Waals surface area contributed by atoms with Gasteiger partial charge in [0.15, 0.2) is 20.6 Å². The van der Waals surface area contributed by atoms with Crippen LogP contribution in [0.4, 0.5) is 0 Å². The molecule has 9 heteroatoms. The monoisotopic (exact) mass is 340 g/mol. The fraction of sp³-hybridized carbons (Fsp3) is 0.462. The Balaban J connectivity index is 1.64. The van der Waals surface area contributed by atoms with Crippen LogP contribution in [0.2, 0.25) is 0 Å². The Bertz CT molecular complexity index is 802. The van der Waals surface area contributed by atoms with Gasteiger partial charge < -0.3 is 5.32 Å². The Kier molecular flexibility index (Phi) is 4.09. The first-order valence-corrected chi connectivity index (χ1v) is 9.62. The van der Waals surface area contributed by atoms with Crippen LogP contribution in [0.3, 0.4) is 0 Å². The predicted molar refractivity (Wildman–Crippen MR) is 83.5 cm³/mol. The van der Waals surface area contributed by atoms with E-state index in [2.05, 4.69) is 15.5 Å². The molecule has 1 aliphatic heterocycles. The molecule has 0 aromatic carbocycles. The molecular weight excluding hydrogens is 324 g/mol. The molecule has 2 atom stereocenters. The highest BCUT2D eigenvalue weighted by Crippen LogP contribution is 2.22. The van der Waals surface area contributed by atoms with Gasteiger partial charge in [-0.1, -0.05) is 17.8 Å². The molecule has 1 saturated heterocycles. The summed E-state index contributed by atoms with van der Waals surface area (Å²) in [7, 11) is -2.99. The number of aromatic nitrogens is 3. The van der Waals surface area contributed by atoms with Gasteiger partial charge in [-0.25, -0.2) is 8.42 Å². The van der Waals surface area contributed by atoms with E-state index >= 15 is 0 Å². The number of carbonyl (C=O) groups excluding carboxylic acids is 1. The number of hydrogen-bond donors (Lipinski definition) is 1. The summed E-state index contributed by atoms with van der Waals surface area (Å²) in [4.78, 5) is 12.2. The van der Waals surface area contributed by atoms with Crippen LogP contribution in [-0.4, -0.2) is 51.7 Å². The van der Waals surface area contributed by atoms with E-state index in [9.17, 15) is 13.2 Å². The van der Waals surface area contributed by atoms with Crippen LogP contribution in [0, 0.1) is 0 Å². The molecule has 0 spiro atoms. The Hall–Kier alpha value is -1.61. The molecule has 0 aliphatic carbocycles. The number of nitrogens with zero attached hydrogens (tertiary/aromatic N) is 3. The summed E-state index contributed by atoms with van der Waals surface area (Å²) in [5, 5.41) is 11.2. The summed E-state index contributed by atoms with van der Waals surface area (Å²) in [5.41, 5.74) is 0.722. The Morgan fingerprint density at radius 2 is 2.27 bits per heavy atom. The quantitative estimate of drug-likeness (QED) is 0.815. The van der Waals surface area contributed by atoms with Crippen LogP contribution in [-0.2, 0) is 14.6 Å². The fourth-order valence-electron chi connectivity index (χ4n) is 2.34. The number of thioether (sulfide) groups is 1. The van der Waals surface area contributed by atoms with Crippen molar-refractivity contribution in [2.24, 2.45) is 0 Å². The number of rotatable bonds is 4. The average molecular weight is 340 g/mol. The minimum absolute atomic E-state index is 0.0317. The van der Waals surface area contributed by atoms with E-state index in [1.807, 2.05) is 28.8 Å². The number of sulfone groups is 1. The van der Waals surface area contributed by atoms with Gasteiger partial charge in [-0.05, 0) is 25.5 Å². The number of amides is 1. The van der Waals surface area contributed by atoms with Crippen LogP contribution >= 0.6 is 11.8 Å². The minimum atomic E-state index is -2.99. The zero-order valence-corrected chi connectivity index (χ0v) is 13.6. The molecule has 1 N–H and O–H groups in total. The van der Waals surface area contributed by atoms with E-state index in [0.29, 0.717) is 11.6 Å². The first-order valence-electron chi connectivity index (χ1n) is 6.92. The highest BCUT2D eigenvalue weighted by molar-refractivity contribution is 8.00. The van der Waals surface area contributed by atoms with Gasteiger partial charge in [-0.3, -0.25) is 9.20 Å². The number of fused-ring (bicyclic) bond motifs is 1. The number of nitrogens with one attached hydrogen (secondary N) is 1. The molecule has 1 amide bonds. The molecule has 3 rings (SSSR count). The van der Waals surface area contributed by atoms with Crippen molar-refractivity contribution in [2.75, 3.05) is 11.5 Å². The van der Waals surface area contributed by atoms with Gasteiger partial charge in [-0.15, -0.1) is 10.2 Å². The van der Waals surface area contributed by atoms with Gasteiger partial charge in [-0.2, -0.15) is 0 Å². The normalized spacial score (nSPS) is 21.8. The lowest BCUT2D eigenvalue weighted by molar-refractivity contribution is -0.120. The average Bonchev–Trinajstić information content (AvgIpc) is 3.03. The van der Waals surface area contributed by atoms with E-state index in [-0.39, 0.29) is 28.7 Å². The lowest BCUT2D eigenvalue weighted by Gasteiger charge is -2.14. The van der Waals surface area contributed by atoms with Gasteiger partial charge in [0, 0.05) is 12.2 Å². The topological polar surface area (TPSA) is 93.4 Å². The van der Waals surface area contributed by atoms with Gasteiger partial charge in [0.05, 0.1) is 16.8 Å². The molecule has 1 aliphatic rings. The van der Waals surface area contributed by atoms with Gasteiger partial charge in [0.2, 0.25) is 5.91 Å². The third kappa shape index (κ3) is 3.25. The molecule has 3 heterocycles. The van der Waals surface area contributed by atoms with Crippen LogP contribution in [0.15, 0.2) is 29.6 Å². The second kappa shape index (κ2) is 5.88. The smallest absolute Gasteiger partial charge is 0.233 e. The number of carbonyl (C=O) groups is 1. The molecule has 0 bridgehead atoms. The maximum atomic E-state index is 12.2. The first-order chi connectivity index (χ1) is 10.4. The van der Waals surface area contributed by atoms with Crippen molar-refractivity contribution >= 4 is 33.2 Å². The van der Waals surface area contributed by atoms with E-state index in [1.54, 1.807) is 6.92 Å². The summed E-state index contributed by atoms with van der Waals surface area (Å²) in [5.74, 6) is -0.00191. The Morgan fingerprint density at radius 3 is 3.00 bits per heavy atom. The SMILES string of the molecule is C[C@H](Sc1nnc2ccccn12)C(=O)N[C@H]1CCS(=O)(=O)C1. The third-order valence-corrected chi connectivity index (χ3v) is 6.34. The lowest BCUT2D eigenvalue weighted by Crippen LogP contribution is -2.40. The first kappa shape index (κ1) is 15.3. The zero-order chi connectivity index (χ0) is 15.7. The summed E-state index contributed by atoms with van der Waals surface area (Å²) in [6.45, 7) is 1.77. The van der Waals surface area contributed by atoms with Crippen molar-refractivity contribution in [3.05, 3.63) is 24.4 Å². The van der Waals surface area contributed by atoms with Crippen LogP contribution in [0.25, 0.3) is 5.65 Å². The maximum absolute atomic E-state index is 12.2. The third-order valence-electron chi connectivity index (χ3n) is 3.51. The van der Waals surface area contributed by atoms with Gasteiger partial charge >= 0.3 is 0 Å². The van der Waals surface area contributed by atoms with Crippen LogP contribution < -0.4 is 5.32 Å². The summed E-state index contributed by atoms with van der Waals surface area (Å²) >= 11 is 1.30. The molecular formula is C13H16N4O3S2. The summed E-state index contributed by atoms with van der Waals surface area (Å²) in [6, 6.07) is 5.30. The predicted octanol–water partition coefficient (Wildman–Crippen LogP) is 0.513. The molecule has 2 aromatic rings. The van der Waals surface area contributed by atoms with E-state index in [0.717, 1.165) is 5.65 Å². The van der Waals surface area contributed by atoms with Crippen molar-refractivity contribution in [1.29, 1.82) is 0 Å². The second-order valence-corrected chi connectivity index (χ2v) is 8.82. The van der Waals surface area contributed by atoms with Crippen molar-refractivity contribution in [3.8, 4) is 0 Å². The number of hydrogen-bond acceptors (Lipinski definition) is 6. The lowest BCUT2D eigenvalue weighted by atomic mass is 10.2. The largest absolute Gasteiger partial charge is 0.351 e. The van der Waals surface area contributed by atoms with E-state index in [1.165, 1.54) is 11.8 Å². The highest BCUT2D eigenvalue weighted by Gasteiger charge is 2.30. The van der Waals surface area contributed by atoms with Gasteiger partial charge in [0.1, 0.15) is 0 Å². The molecule has 118 valence electrons. The molecule has 0 saturated carbocycles. The summed E-state index contributed by atoms with van der Waals surface area (Å²) in [6.07, 6.45) is 2.32. The van der Waals surface area contributed by atoms with Gasteiger partial charge in [0.25, 0.3) is 0 Å². The van der Waals surface area contributed by atoms with E-state index < -0.39 is 9.84 Å². The van der Waals surface area contributed by atoms with Crippen LogP contribution in [0.1, 0.15) is 13.3 Å². The van der Waals surface area contributed by atoms with E-state index in [4.69, 9.17) is 0 Å². The molecule has 1 fully saturated rings. The fourth-order valence-corrected chi connectivity index (χ4v) is 4.86. The molecule has 0 radical (unpaired) electrons. The van der Waals surface area contributed by atoms with Crippen molar-refractivity contribution < 1.29 is 13.2 Å². The Morgan fingerprint density at radius 1 is 1.45 bits per heavy atom. The standard InChI is InChI=1S/C13H16N4O3S2/c1-9(12(18)14-10-5-7-22(19,20)8-10)21-13-16-15-11-4-2-3-6-17(11)13/h2-4,6,9-10H,5,7-8H2,1H3,(H,14,18)/t9-,10-/m0/s1. The summed E-state index contributed by atoms with van der Waals surface area (Å²) < 4.78 is 24.6. The maximum Gasteiger partial charge on any atom is 0.233 e. The van der Waals surface area contributed by atoms with Crippen LogP contribution in [0.5, 0.6) is 0 Å². The number of pyridine rings is 1. The Labute approximate surface area is 132 Å². The second-order valence-electron chi connectivity index (χ2n) is 5.28. The molecule has 0 unspecified atom stereocenters. The molecule has 2 aromatic heterocycles. The molecule has 7 nitrogen and oxygen atoms in total. The zero-order valence-electron chi connectivity index (χ0n) is 12.0.